The first kappa shape index (κ1) is 10.6. The summed E-state index contributed by atoms with van der Waals surface area (Å²) in [6.45, 7) is 0. The Morgan fingerprint density at radius 2 is 2.00 bits per heavy atom. The summed E-state index contributed by atoms with van der Waals surface area (Å²) in [5.41, 5.74) is 1.25. The van der Waals surface area contributed by atoms with Gasteiger partial charge in [-0.3, -0.25) is 9.89 Å². The van der Waals surface area contributed by atoms with Crippen LogP contribution in [0.2, 0.25) is 0 Å². The van der Waals surface area contributed by atoms with Crippen LogP contribution in [0.3, 0.4) is 0 Å². The normalized spacial score (nSPS) is 10.9. The number of pyridine rings is 1. The highest BCUT2D eigenvalue weighted by atomic mass is 16.3. The van der Waals surface area contributed by atoms with E-state index in [0.717, 1.165) is 5.56 Å². The monoisotopic (exact) mass is 241 g/mol. The van der Waals surface area contributed by atoms with E-state index in [1.807, 2.05) is 12.1 Å². The van der Waals surface area contributed by atoms with Gasteiger partial charge in [-0.05, 0) is 12.1 Å². The minimum atomic E-state index is -0.133. The quantitative estimate of drug-likeness (QED) is 0.710. The van der Waals surface area contributed by atoms with Crippen LogP contribution >= 0.6 is 0 Å². The number of para-hydroxylation sites is 1. The van der Waals surface area contributed by atoms with Gasteiger partial charge >= 0.3 is 0 Å². The number of H-pyrrole nitrogens is 1. The van der Waals surface area contributed by atoms with Crippen molar-refractivity contribution < 1.29 is 5.11 Å². The molecule has 0 atom stereocenters. The van der Waals surface area contributed by atoms with Gasteiger partial charge in [0.2, 0.25) is 0 Å². The zero-order valence-corrected chi connectivity index (χ0v) is 9.50. The molecule has 0 spiro atoms. The van der Waals surface area contributed by atoms with Gasteiger partial charge in [-0.15, -0.1) is 0 Å². The van der Waals surface area contributed by atoms with Crippen LogP contribution in [-0.2, 0) is 6.42 Å². The lowest BCUT2D eigenvalue weighted by Crippen LogP contribution is -2.13. The molecule has 0 saturated carbocycles. The van der Waals surface area contributed by atoms with Crippen LogP contribution in [0.4, 0.5) is 0 Å². The van der Waals surface area contributed by atoms with Crippen molar-refractivity contribution in [2.75, 3.05) is 0 Å². The van der Waals surface area contributed by atoms with Crippen LogP contribution in [0.25, 0.3) is 5.65 Å². The van der Waals surface area contributed by atoms with Crippen molar-refractivity contribution in [1.29, 1.82) is 0 Å². The lowest BCUT2D eigenvalue weighted by atomic mass is 10.1. The molecule has 3 rings (SSSR count). The third-order valence-corrected chi connectivity index (χ3v) is 2.85. The fourth-order valence-corrected chi connectivity index (χ4v) is 1.96. The molecule has 90 valence electrons. The molecule has 2 heterocycles. The summed E-state index contributed by atoms with van der Waals surface area (Å²) in [5, 5.41) is 16.6. The maximum absolute atomic E-state index is 11.8. The molecular weight excluding hydrogens is 230 g/mol. The van der Waals surface area contributed by atoms with Crippen molar-refractivity contribution in [2.24, 2.45) is 0 Å². The first-order chi connectivity index (χ1) is 8.75. The number of phenolic OH excluding ortho intramolecular Hbond substituents is 1. The van der Waals surface area contributed by atoms with Crippen LogP contribution in [0.15, 0.2) is 47.3 Å². The summed E-state index contributed by atoms with van der Waals surface area (Å²) in [4.78, 5) is 11.8. The van der Waals surface area contributed by atoms with Gasteiger partial charge in [0, 0.05) is 18.1 Å². The lowest BCUT2D eigenvalue weighted by Gasteiger charge is -2.02. The first-order valence-electron chi connectivity index (χ1n) is 5.57. The summed E-state index contributed by atoms with van der Waals surface area (Å²) in [5.74, 6) is 0.787. The summed E-state index contributed by atoms with van der Waals surface area (Å²) in [7, 11) is 0. The van der Waals surface area contributed by atoms with Crippen molar-refractivity contribution in [3.8, 4) is 5.75 Å². The second kappa shape index (κ2) is 4.03. The maximum atomic E-state index is 11.8. The van der Waals surface area contributed by atoms with Gasteiger partial charge in [0.05, 0.1) is 0 Å². The topological polar surface area (TPSA) is 70.4 Å². The Morgan fingerprint density at radius 3 is 2.83 bits per heavy atom. The fourth-order valence-electron chi connectivity index (χ4n) is 1.96. The van der Waals surface area contributed by atoms with Crippen LogP contribution in [-0.4, -0.2) is 19.7 Å². The molecule has 2 aromatic heterocycles. The number of aromatic nitrogens is 3. The number of fused-ring (bicyclic) bond motifs is 1. The molecule has 0 aliphatic carbocycles. The molecule has 0 radical (unpaired) electrons. The molecule has 5 heteroatoms. The van der Waals surface area contributed by atoms with E-state index in [9.17, 15) is 9.90 Å². The number of rotatable bonds is 2. The summed E-state index contributed by atoms with van der Waals surface area (Å²) < 4.78 is 1.51. The molecule has 0 aliphatic rings. The molecule has 0 amide bonds. The van der Waals surface area contributed by atoms with E-state index >= 15 is 0 Å². The Labute approximate surface area is 102 Å². The number of benzene rings is 1. The van der Waals surface area contributed by atoms with E-state index in [2.05, 4.69) is 10.2 Å². The van der Waals surface area contributed by atoms with Crippen LogP contribution in [0.1, 0.15) is 11.4 Å². The Kier molecular flexibility index (Phi) is 2.37. The molecule has 2 N–H and O–H groups in total. The summed E-state index contributed by atoms with van der Waals surface area (Å²) in [6, 6.07) is 12.0. The maximum Gasteiger partial charge on any atom is 0.257 e. The van der Waals surface area contributed by atoms with Crippen LogP contribution < -0.4 is 5.56 Å². The second-order valence-corrected chi connectivity index (χ2v) is 4.03. The Bertz CT molecular complexity index is 758. The highest BCUT2D eigenvalue weighted by molar-refractivity contribution is 5.39. The van der Waals surface area contributed by atoms with Gasteiger partial charge in [-0.2, -0.15) is 5.10 Å². The van der Waals surface area contributed by atoms with E-state index in [0.29, 0.717) is 17.9 Å². The van der Waals surface area contributed by atoms with Gasteiger partial charge in [0.15, 0.2) is 0 Å². The molecule has 3 aromatic rings. The second-order valence-electron chi connectivity index (χ2n) is 4.03. The average Bonchev–Trinajstić information content (AvgIpc) is 2.77. The molecule has 0 fully saturated rings. The zero-order valence-electron chi connectivity index (χ0n) is 9.50. The number of hydrogen-bond acceptors (Lipinski definition) is 3. The molecule has 0 unspecified atom stereocenters. The van der Waals surface area contributed by atoms with Gasteiger partial charge < -0.3 is 5.11 Å². The third kappa shape index (κ3) is 1.66. The number of nitrogens with one attached hydrogen (secondary N) is 1. The molecule has 5 nitrogen and oxygen atoms in total. The Hall–Kier alpha value is -2.56. The highest BCUT2D eigenvalue weighted by Gasteiger charge is 2.09. The molecule has 18 heavy (non-hydrogen) atoms. The lowest BCUT2D eigenvalue weighted by molar-refractivity contribution is 0.469. The number of hydrogen-bond donors (Lipinski definition) is 2. The minimum Gasteiger partial charge on any atom is -0.508 e. The predicted molar refractivity (Wildman–Crippen MR) is 66.7 cm³/mol. The Balaban J connectivity index is 2.11. The predicted octanol–water partition coefficient (Wildman–Crippen LogP) is 1.32. The SMILES string of the molecule is O=c1cccc2[nH]nc(Cc3ccccc3O)n12. The van der Waals surface area contributed by atoms with Crippen molar-refractivity contribution in [1.82, 2.24) is 14.6 Å². The van der Waals surface area contributed by atoms with Gasteiger partial charge in [-0.1, -0.05) is 24.3 Å². The first-order valence-corrected chi connectivity index (χ1v) is 5.57. The van der Waals surface area contributed by atoms with Gasteiger partial charge in [-0.25, -0.2) is 4.40 Å². The van der Waals surface area contributed by atoms with Crippen molar-refractivity contribution in [3.63, 3.8) is 0 Å². The van der Waals surface area contributed by atoms with Gasteiger partial charge in [0.1, 0.15) is 17.2 Å². The van der Waals surface area contributed by atoms with Crippen LogP contribution in [0, 0.1) is 0 Å². The average molecular weight is 241 g/mol. The van der Waals surface area contributed by atoms with Crippen molar-refractivity contribution in [3.05, 3.63) is 64.2 Å². The van der Waals surface area contributed by atoms with E-state index in [4.69, 9.17) is 0 Å². The van der Waals surface area contributed by atoms with E-state index < -0.39 is 0 Å². The van der Waals surface area contributed by atoms with Gasteiger partial charge in [0.25, 0.3) is 5.56 Å². The molecular formula is C13H11N3O2. The number of nitrogens with zero attached hydrogens (tertiary/aromatic N) is 2. The van der Waals surface area contributed by atoms with Crippen LogP contribution in [0.5, 0.6) is 5.75 Å². The van der Waals surface area contributed by atoms with E-state index in [1.54, 1.807) is 24.3 Å². The fraction of sp³-hybridized carbons (Fsp3) is 0.0769. The smallest absolute Gasteiger partial charge is 0.257 e. The summed E-state index contributed by atoms with van der Waals surface area (Å²) >= 11 is 0. The number of aromatic amines is 1. The zero-order chi connectivity index (χ0) is 12.5. The standard InChI is InChI=1S/C13H11N3O2/c17-10-5-2-1-4-9(10)8-12-15-14-11-6-3-7-13(18)16(11)12/h1-7,14,17H,8H2. The summed E-state index contributed by atoms with van der Waals surface area (Å²) in [6.07, 6.45) is 0.399. The molecule has 0 aliphatic heterocycles. The highest BCUT2D eigenvalue weighted by Crippen LogP contribution is 2.18. The molecule has 0 saturated heterocycles. The largest absolute Gasteiger partial charge is 0.508 e. The number of aromatic hydroxyl groups is 1. The Morgan fingerprint density at radius 1 is 1.17 bits per heavy atom. The van der Waals surface area contributed by atoms with E-state index in [-0.39, 0.29) is 11.3 Å². The minimum absolute atomic E-state index is 0.133. The molecule has 1 aromatic carbocycles. The molecule has 0 bridgehead atoms. The van der Waals surface area contributed by atoms with Crippen molar-refractivity contribution in [2.45, 2.75) is 6.42 Å². The van der Waals surface area contributed by atoms with E-state index in [1.165, 1.54) is 10.5 Å². The van der Waals surface area contributed by atoms with Crippen molar-refractivity contribution >= 4 is 5.65 Å². The third-order valence-electron chi connectivity index (χ3n) is 2.85. The number of phenols is 1.